The van der Waals surface area contributed by atoms with Gasteiger partial charge in [-0.25, -0.2) is 0 Å². The summed E-state index contributed by atoms with van der Waals surface area (Å²) in [6, 6.07) is 1.96. The second-order valence-electron chi connectivity index (χ2n) is 1.21. The summed E-state index contributed by atoms with van der Waals surface area (Å²) in [7, 11) is 0. The van der Waals surface area contributed by atoms with E-state index >= 15 is 0 Å². The molecule has 0 saturated heterocycles. The third-order valence-corrected chi connectivity index (χ3v) is 0.704. The van der Waals surface area contributed by atoms with E-state index in [9.17, 15) is 0 Å². The van der Waals surface area contributed by atoms with Crippen LogP contribution in [0.2, 0.25) is 0 Å². The van der Waals surface area contributed by atoms with Crippen molar-refractivity contribution < 1.29 is 0 Å². The van der Waals surface area contributed by atoms with Gasteiger partial charge >= 0.3 is 0 Å². The van der Waals surface area contributed by atoms with Crippen molar-refractivity contribution in [1.82, 2.24) is 0 Å². The zero-order chi connectivity index (χ0) is 5.70. The highest BCUT2D eigenvalue weighted by atomic mass is 14.5. The average molecular weight is 96.1 g/mol. The first kappa shape index (κ1) is 6.19. The molecule has 0 fully saturated rings. The van der Waals surface area contributed by atoms with Gasteiger partial charge in [0.25, 0.3) is 0 Å². The van der Waals surface area contributed by atoms with E-state index in [0.717, 1.165) is 0 Å². The Bertz CT molecular complexity index is 90.7. The fraction of sp³-hybridized carbons (Fsp3) is 0.400. The summed E-state index contributed by atoms with van der Waals surface area (Å²) in [5, 5.41) is 8.12. The molecule has 0 spiro atoms. The summed E-state index contributed by atoms with van der Waals surface area (Å²) in [4.78, 5) is 0. The van der Waals surface area contributed by atoms with E-state index in [1.165, 1.54) is 0 Å². The third kappa shape index (κ3) is 1.96. The van der Waals surface area contributed by atoms with Gasteiger partial charge in [0, 0.05) is 6.54 Å². The van der Waals surface area contributed by atoms with Crippen molar-refractivity contribution in [2.24, 2.45) is 11.7 Å². The predicted molar refractivity (Wildman–Crippen MR) is 28.4 cm³/mol. The summed E-state index contributed by atoms with van der Waals surface area (Å²) in [6.45, 7) is 3.78. The van der Waals surface area contributed by atoms with Crippen LogP contribution in [0.3, 0.4) is 0 Å². The topological polar surface area (TPSA) is 49.8 Å². The van der Waals surface area contributed by atoms with Crippen LogP contribution in [0.4, 0.5) is 0 Å². The van der Waals surface area contributed by atoms with Crippen molar-refractivity contribution in [2.75, 3.05) is 6.54 Å². The molecular formula is C5H8N2. The number of nitrogens with two attached hydrogens (primary N) is 1. The first-order chi connectivity index (χ1) is 3.35. The second-order valence-corrected chi connectivity index (χ2v) is 1.21. The van der Waals surface area contributed by atoms with Gasteiger partial charge in [-0.3, -0.25) is 0 Å². The SMILES string of the molecule is C=CC(C#N)CN. The third-order valence-electron chi connectivity index (χ3n) is 0.704. The lowest BCUT2D eigenvalue weighted by Crippen LogP contribution is -2.08. The lowest BCUT2D eigenvalue weighted by atomic mass is 10.2. The maximum atomic E-state index is 8.12. The van der Waals surface area contributed by atoms with Crippen molar-refractivity contribution in [3.05, 3.63) is 12.7 Å². The van der Waals surface area contributed by atoms with Crippen LogP contribution in [0.25, 0.3) is 0 Å². The van der Waals surface area contributed by atoms with E-state index in [2.05, 4.69) is 6.58 Å². The van der Waals surface area contributed by atoms with E-state index in [4.69, 9.17) is 11.0 Å². The first-order valence-corrected chi connectivity index (χ1v) is 2.07. The van der Waals surface area contributed by atoms with Gasteiger partial charge in [0.1, 0.15) is 0 Å². The quantitative estimate of drug-likeness (QED) is 0.501. The standard InChI is InChI=1S/C5H8N2/c1-2-5(3-6)4-7/h2,5H,1,3,6H2. The molecule has 0 heterocycles. The highest BCUT2D eigenvalue weighted by Gasteiger charge is 1.92. The molecule has 2 nitrogen and oxygen atoms in total. The summed E-state index contributed by atoms with van der Waals surface area (Å²) in [6.07, 6.45) is 1.54. The Morgan fingerprint density at radius 3 is 2.57 bits per heavy atom. The van der Waals surface area contributed by atoms with Gasteiger partial charge in [0.2, 0.25) is 0 Å². The van der Waals surface area contributed by atoms with Gasteiger partial charge in [-0.2, -0.15) is 5.26 Å². The molecule has 2 N–H and O–H groups in total. The van der Waals surface area contributed by atoms with Crippen LogP contribution < -0.4 is 5.73 Å². The molecule has 38 valence electrons. The van der Waals surface area contributed by atoms with Crippen LogP contribution in [0.1, 0.15) is 0 Å². The van der Waals surface area contributed by atoms with Crippen LogP contribution in [0.15, 0.2) is 12.7 Å². The van der Waals surface area contributed by atoms with E-state index in [1.54, 1.807) is 6.08 Å². The molecule has 0 aromatic rings. The zero-order valence-electron chi connectivity index (χ0n) is 4.09. The molecule has 0 aliphatic rings. The van der Waals surface area contributed by atoms with Gasteiger partial charge in [-0.1, -0.05) is 6.08 Å². The van der Waals surface area contributed by atoms with E-state index in [0.29, 0.717) is 6.54 Å². The molecule has 0 bridgehead atoms. The van der Waals surface area contributed by atoms with Gasteiger partial charge in [0.05, 0.1) is 12.0 Å². The molecule has 1 unspecified atom stereocenters. The van der Waals surface area contributed by atoms with Crippen LogP contribution in [-0.4, -0.2) is 6.54 Å². The fourth-order valence-electron chi connectivity index (χ4n) is 0.202. The number of hydrogen-bond donors (Lipinski definition) is 1. The van der Waals surface area contributed by atoms with Crippen LogP contribution in [0.5, 0.6) is 0 Å². The number of nitriles is 1. The van der Waals surface area contributed by atoms with Crippen LogP contribution in [-0.2, 0) is 0 Å². The van der Waals surface area contributed by atoms with Crippen LogP contribution in [0, 0.1) is 17.2 Å². The van der Waals surface area contributed by atoms with E-state index in [-0.39, 0.29) is 5.92 Å². The Hall–Kier alpha value is -0.810. The lowest BCUT2D eigenvalue weighted by Gasteiger charge is -1.91. The summed E-state index contributed by atoms with van der Waals surface area (Å²) < 4.78 is 0. The second kappa shape index (κ2) is 3.38. The Morgan fingerprint density at radius 1 is 2.00 bits per heavy atom. The molecule has 0 aliphatic carbocycles. The smallest absolute Gasteiger partial charge is 0.0763 e. The average Bonchev–Trinajstić information content (AvgIpc) is 1.72. The molecule has 0 aliphatic heterocycles. The highest BCUT2D eigenvalue weighted by molar-refractivity contribution is 4.95. The minimum atomic E-state index is -0.167. The summed E-state index contributed by atoms with van der Waals surface area (Å²) >= 11 is 0. The molecule has 0 rings (SSSR count). The Morgan fingerprint density at radius 2 is 2.57 bits per heavy atom. The van der Waals surface area contributed by atoms with Crippen molar-refractivity contribution >= 4 is 0 Å². The van der Waals surface area contributed by atoms with Gasteiger partial charge in [-0.15, -0.1) is 6.58 Å². The van der Waals surface area contributed by atoms with Crippen LogP contribution >= 0.6 is 0 Å². The summed E-state index contributed by atoms with van der Waals surface area (Å²) in [5.41, 5.74) is 5.10. The van der Waals surface area contributed by atoms with Gasteiger partial charge in [-0.05, 0) is 0 Å². The van der Waals surface area contributed by atoms with Crippen molar-refractivity contribution in [2.45, 2.75) is 0 Å². The predicted octanol–water partition coefficient (Wildman–Crippen LogP) is 0.271. The Kier molecular flexibility index (Phi) is 2.99. The number of nitrogens with zero attached hydrogens (tertiary/aromatic N) is 1. The number of rotatable bonds is 2. The maximum Gasteiger partial charge on any atom is 0.0763 e. The summed E-state index contributed by atoms with van der Waals surface area (Å²) in [5.74, 6) is -0.167. The van der Waals surface area contributed by atoms with Gasteiger partial charge in [0.15, 0.2) is 0 Å². The molecule has 0 radical (unpaired) electrons. The molecule has 7 heavy (non-hydrogen) atoms. The van der Waals surface area contributed by atoms with Crippen molar-refractivity contribution in [3.63, 3.8) is 0 Å². The molecule has 0 aromatic heterocycles. The lowest BCUT2D eigenvalue weighted by molar-refractivity contribution is 0.837. The van der Waals surface area contributed by atoms with E-state index < -0.39 is 0 Å². The van der Waals surface area contributed by atoms with Crippen molar-refractivity contribution in [1.29, 1.82) is 5.26 Å². The Balaban J connectivity index is 3.43. The van der Waals surface area contributed by atoms with E-state index in [1.807, 2.05) is 6.07 Å². The normalized spacial score (nSPS) is 12.0. The Labute approximate surface area is 43.2 Å². The molecule has 0 saturated carbocycles. The molecular weight excluding hydrogens is 88.1 g/mol. The molecule has 1 atom stereocenters. The fourth-order valence-corrected chi connectivity index (χ4v) is 0.202. The molecule has 0 amide bonds. The number of hydrogen-bond acceptors (Lipinski definition) is 2. The first-order valence-electron chi connectivity index (χ1n) is 2.07. The van der Waals surface area contributed by atoms with Crippen molar-refractivity contribution in [3.8, 4) is 6.07 Å². The molecule has 2 heteroatoms. The highest BCUT2D eigenvalue weighted by Crippen LogP contribution is 1.87. The minimum Gasteiger partial charge on any atom is -0.329 e. The minimum absolute atomic E-state index is 0.167. The molecule has 0 aromatic carbocycles. The maximum absolute atomic E-state index is 8.12. The largest absolute Gasteiger partial charge is 0.329 e. The zero-order valence-corrected chi connectivity index (χ0v) is 4.09. The monoisotopic (exact) mass is 96.1 g/mol. The van der Waals surface area contributed by atoms with Gasteiger partial charge < -0.3 is 5.73 Å².